The van der Waals surface area contributed by atoms with Crippen molar-refractivity contribution in [3.63, 3.8) is 0 Å². The average molecular weight is 516 g/mol. The largest absolute Gasteiger partial charge is 0.497 e. The van der Waals surface area contributed by atoms with Crippen molar-refractivity contribution in [2.24, 2.45) is 5.92 Å². The van der Waals surface area contributed by atoms with Crippen molar-refractivity contribution < 1.29 is 19.1 Å². The van der Waals surface area contributed by atoms with Gasteiger partial charge in [0.05, 0.1) is 12.8 Å². The summed E-state index contributed by atoms with van der Waals surface area (Å²) in [5, 5.41) is 5.87. The Balaban J connectivity index is 1.75. The normalized spacial score (nSPS) is 13.9. The number of ether oxygens (including phenoxy) is 1. The second-order valence-electron chi connectivity index (χ2n) is 9.62. The van der Waals surface area contributed by atoms with Crippen LogP contribution in [0.25, 0.3) is 0 Å². The van der Waals surface area contributed by atoms with Gasteiger partial charge < -0.3 is 26.0 Å². The maximum atomic E-state index is 13.5. The first-order valence-corrected chi connectivity index (χ1v) is 13.3. The molecular formula is C26H37N5O4S. The molecule has 36 heavy (non-hydrogen) atoms. The number of nitrogens with zero attached hydrogens (tertiary/aromatic N) is 2. The number of aromatic nitrogens is 1. The highest BCUT2D eigenvalue weighted by Gasteiger charge is 2.28. The molecular weight excluding hydrogens is 478 g/mol. The van der Waals surface area contributed by atoms with E-state index in [1.807, 2.05) is 12.1 Å². The van der Waals surface area contributed by atoms with E-state index in [0.717, 1.165) is 49.2 Å². The molecule has 1 aliphatic rings. The summed E-state index contributed by atoms with van der Waals surface area (Å²) >= 11 is 0.890. The predicted octanol–water partition coefficient (Wildman–Crippen LogP) is 3.60. The fraction of sp³-hybridized carbons (Fsp3) is 0.538. The van der Waals surface area contributed by atoms with Crippen LogP contribution >= 0.6 is 11.5 Å². The van der Waals surface area contributed by atoms with E-state index in [1.54, 1.807) is 19.2 Å². The van der Waals surface area contributed by atoms with Gasteiger partial charge in [-0.2, -0.15) is 4.37 Å². The number of methoxy groups -OCH3 is 1. The van der Waals surface area contributed by atoms with Gasteiger partial charge in [0.15, 0.2) is 5.69 Å². The van der Waals surface area contributed by atoms with Crippen LogP contribution < -0.4 is 21.1 Å². The zero-order valence-electron chi connectivity index (χ0n) is 21.3. The van der Waals surface area contributed by atoms with Crippen molar-refractivity contribution in [3.8, 4) is 5.75 Å². The molecule has 1 saturated carbocycles. The summed E-state index contributed by atoms with van der Waals surface area (Å²) in [5.74, 6) is 0.108. The van der Waals surface area contributed by atoms with Crippen LogP contribution in [0.3, 0.4) is 0 Å². The van der Waals surface area contributed by atoms with E-state index in [-0.39, 0.29) is 47.2 Å². The third-order valence-electron chi connectivity index (χ3n) is 6.28. The second kappa shape index (κ2) is 13.2. The number of amides is 3. The maximum absolute atomic E-state index is 13.5. The Labute approximate surface area is 216 Å². The minimum atomic E-state index is -0.434. The van der Waals surface area contributed by atoms with Crippen LogP contribution in [0.15, 0.2) is 24.3 Å². The van der Waals surface area contributed by atoms with Gasteiger partial charge >= 0.3 is 0 Å². The van der Waals surface area contributed by atoms with Crippen LogP contribution in [-0.4, -0.2) is 53.2 Å². The Morgan fingerprint density at radius 2 is 1.86 bits per heavy atom. The third kappa shape index (κ3) is 7.68. The Hall–Kier alpha value is -3.14. The molecule has 0 atom stereocenters. The third-order valence-corrected chi connectivity index (χ3v) is 7.13. The molecule has 4 N–H and O–H groups in total. The van der Waals surface area contributed by atoms with E-state index in [2.05, 4.69) is 28.9 Å². The van der Waals surface area contributed by atoms with Gasteiger partial charge in [-0.1, -0.05) is 45.2 Å². The molecule has 196 valence electrons. The quantitative estimate of drug-likeness (QED) is 0.420. The minimum Gasteiger partial charge on any atom is -0.497 e. The highest BCUT2D eigenvalue weighted by molar-refractivity contribution is 7.09. The van der Waals surface area contributed by atoms with E-state index in [1.165, 1.54) is 11.3 Å². The van der Waals surface area contributed by atoms with Gasteiger partial charge in [-0.3, -0.25) is 14.4 Å². The first-order chi connectivity index (χ1) is 17.3. The molecule has 1 fully saturated rings. The van der Waals surface area contributed by atoms with Gasteiger partial charge in [-0.25, -0.2) is 0 Å². The Bertz CT molecular complexity index is 1030. The van der Waals surface area contributed by atoms with Crippen LogP contribution in [-0.2, 0) is 11.3 Å². The molecule has 0 bridgehead atoms. The van der Waals surface area contributed by atoms with Crippen LogP contribution in [0.5, 0.6) is 5.75 Å². The molecule has 10 heteroatoms. The summed E-state index contributed by atoms with van der Waals surface area (Å²) < 4.78 is 9.41. The molecule has 0 aliphatic heterocycles. The van der Waals surface area contributed by atoms with Crippen molar-refractivity contribution in [1.82, 2.24) is 19.9 Å². The molecule has 0 saturated heterocycles. The number of rotatable bonds is 11. The molecule has 1 heterocycles. The SMILES string of the molecule is COc1ccc(CN(CC(=O)NCCC(C)C)C(=O)c2snc(C(=O)NC3CCCCC3)c2N)cc1. The van der Waals surface area contributed by atoms with Gasteiger partial charge in [-0.05, 0) is 54.4 Å². The lowest BCUT2D eigenvalue weighted by Crippen LogP contribution is -2.40. The minimum absolute atomic E-state index is 0.0539. The molecule has 1 aromatic carbocycles. The molecule has 0 unspecified atom stereocenters. The van der Waals surface area contributed by atoms with E-state index < -0.39 is 5.91 Å². The highest BCUT2D eigenvalue weighted by Crippen LogP contribution is 2.26. The number of nitrogens with two attached hydrogens (primary N) is 1. The molecule has 3 rings (SSSR count). The number of anilines is 1. The van der Waals surface area contributed by atoms with Crippen LogP contribution in [0, 0.1) is 5.92 Å². The van der Waals surface area contributed by atoms with E-state index in [4.69, 9.17) is 10.5 Å². The Morgan fingerprint density at radius 3 is 2.50 bits per heavy atom. The number of nitrogen functional groups attached to an aromatic ring is 1. The van der Waals surface area contributed by atoms with Crippen molar-refractivity contribution in [1.29, 1.82) is 0 Å². The number of benzene rings is 1. The smallest absolute Gasteiger partial charge is 0.273 e. The van der Waals surface area contributed by atoms with Crippen LogP contribution in [0.4, 0.5) is 5.69 Å². The van der Waals surface area contributed by atoms with Gasteiger partial charge in [0.1, 0.15) is 17.2 Å². The van der Waals surface area contributed by atoms with Gasteiger partial charge in [0.25, 0.3) is 11.8 Å². The second-order valence-corrected chi connectivity index (χ2v) is 10.4. The van der Waals surface area contributed by atoms with E-state index in [9.17, 15) is 14.4 Å². The Morgan fingerprint density at radius 1 is 1.17 bits per heavy atom. The van der Waals surface area contributed by atoms with E-state index in [0.29, 0.717) is 18.2 Å². The van der Waals surface area contributed by atoms with Gasteiger partial charge in [-0.15, -0.1) is 0 Å². The molecule has 2 aromatic rings. The van der Waals surface area contributed by atoms with Crippen molar-refractivity contribution in [2.45, 2.75) is 65.0 Å². The van der Waals surface area contributed by atoms with E-state index >= 15 is 0 Å². The van der Waals surface area contributed by atoms with Crippen LogP contribution in [0.1, 0.15) is 78.1 Å². The number of carbonyl (C=O) groups excluding carboxylic acids is 3. The van der Waals surface area contributed by atoms with Crippen molar-refractivity contribution in [2.75, 3.05) is 25.9 Å². The fourth-order valence-electron chi connectivity index (χ4n) is 4.14. The lowest BCUT2D eigenvalue weighted by atomic mass is 9.95. The zero-order valence-corrected chi connectivity index (χ0v) is 22.2. The first-order valence-electron chi connectivity index (χ1n) is 12.5. The fourth-order valence-corrected chi connectivity index (χ4v) is 4.91. The summed E-state index contributed by atoms with van der Waals surface area (Å²) in [6, 6.07) is 7.39. The average Bonchev–Trinajstić information content (AvgIpc) is 3.25. The van der Waals surface area contributed by atoms with Gasteiger partial charge in [0, 0.05) is 19.1 Å². The monoisotopic (exact) mass is 515 g/mol. The zero-order chi connectivity index (χ0) is 26.1. The van der Waals surface area contributed by atoms with Crippen molar-refractivity contribution >= 4 is 34.9 Å². The number of hydrogen-bond acceptors (Lipinski definition) is 7. The summed E-state index contributed by atoms with van der Waals surface area (Å²) in [6.45, 7) is 4.76. The topological polar surface area (TPSA) is 127 Å². The molecule has 1 aliphatic carbocycles. The maximum Gasteiger partial charge on any atom is 0.273 e. The number of carbonyl (C=O) groups is 3. The lowest BCUT2D eigenvalue weighted by molar-refractivity contribution is -0.121. The molecule has 3 amide bonds. The summed E-state index contributed by atoms with van der Waals surface area (Å²) in [5.41, 5.74) is 7.20. The summed E-state index contributed by atoms with van der Waals surface area (Å²) in [6.07, 6.45) is 6.06. The molecule has 9 nitrogen and oxygen atoms in total. The lowest BCUT2D eigenvalue weighted by Gasteiger charge is -2.23. The van der Waals surface area contributed by atoms with Crippen molar-refractivity contribution in [3.05, 3.63) is 40.4 Å². The van der Waals surface area contributed by atoms with Crippen LogP contribution in [0.2, 0.25) is 0 Å². The number of nitrogens with one attached hydrogen (secondary N) is 2. The summed E-state index contributed by atoms with van der Waals surface area (Å²) in [4.78, 5) is 40.5. The standard InChI is InChI=1S/C26H37N5O4S/c1-17(2)13-14-28-21(32)16-31(15-18-9-11-20(35-3)12-10-18)26(34)24-22(27)23(30-36-24)25(33)29-19-7-5-4-6-8-19/h9-12,17,19H,4-8,13-16,27H2,1-3H3,(H,28,32)(H,29,33). The molecule has 1 aromatic heterocycles. The highest BCUT2D eigenvalue weighted by atomic mass is 32.1. The first kappa shape index (κ1) is 27.4. The van der Waals surface area contributed by atoms with Gasteiger partial charge in [0.2, 0.25) is 5.91 Å². The Kier molecular flexibility index (Phi) is 10.1. The molecule has 0 spiro atoms. The summed E-state index contributed by atoms with van der Waals surface area (Å²) in [7, 11) is 1.58. The molecule has 0 radical (unpaired) electrons. The predicted molar refractivity (Wildman–Crippen MR) is 141 cm³/mol. The number of hydrogen-bond donors (Lipinski definition) is 3.